The predicted molar refractivity (Wildman–Crippen MR) is 190 cm³/mol. The van der Waals surface area contributed by atoms with E-state index in [2.05, 4.69) is 60.4 Å². The Bertz CT molecular complexity index is 1360. The van der Waals surface area contributed by atoms with Crippen molar-refractivity contribution in [3.63, 3.8) is 0 Å². The number of aliphatic carboxylic acids is 1. The lowest BCUT2D eigenvalue weighted by Crippen LogP contribution is -2.65. The summed E-state index contributed by atoms with van der Waals surface area (Å²) in [4.78, 5) is 41.3. The third-order valence-corrected chi connectivity index (χ3v) is 16.2. The fraction of sp³-hybridized carbons (Fsp3) is 0.881. The molecule has 0 radical (unpaired) electrons. The molecular weight excluding hydrogens is 598 g/mol. The van der Waals surface area contributed by atoms with Crippen LogP contribution in [0.15, 0.2) is 11.1 Å². The number of esters is 1. The third-order valence-electron chi connectivity index (χ3n) is 16.2. The van der Waals surface area contributed by atoms with Crippen molar-refractivity contribution in [2.24, 2.45) is 62.1 Å². The lowest BCUT2D eigenvalue weighted by atomic mass is 9.33. The van der Waals surface area contributed by atoms with Crippen LogP contribution in [0.2, 0.25) is 0 Å². The second kappa shape index (κ2) is 11.9. The van der Waals surface area contributed by atoms with Gasteiger partial charge in [-0.25, -0.2) is 0 Å². The van der Waals surface area contributed by atoms with Crippen LogP contribution in [0.4, 0.5) is 0 Å². The summed E-state index contributed by atoms with van der Waals surface area (Å²) in [5.74, 6) is 1.75. The lowest BCUT2D eigenvalue weighted by molar-refractivity contribution is -0.233. The van der Waals surface area contributed by atoms with Gasteiger partial charge in [-0.1, -0.05) is 54.0 Å². The number of hydrogen-bond acceptors (Lipinski definition) is 5. The molecule has 0 spiro atoms. The summed E-state index contributed by atoms with van der Waals surface area (Å²) in [5.41, 5.74) is 2.01. The van der Waals surface area contributed by atoms with Crippen LogP contribution >= 0.6 is 0 Å². The van der Waals surface area contributed by atoms with Gasteiger partial charge in [0.2, 0.25) is 0 Å². The molecule has 2 unspecified atom stereocenters. The maximum atomic E-state index is 14.0. The molecule has 8 atom stereocenters. The molecule has 0 aromatic rings. The maximum absolute atomic E-state index is 14.0. The molecule has 0 amide bonds. The number of carboxylic acid groups (broad SMARTS) is 1. The van der Waals surface area contributed by atoms with E-state index in [4.69, 9.17) is 4.74 Å². The van der Waals surface area contributed by atoms with Gasteiger partial charge in [0.15, 0.2) is 5.78 Å². The molecule has 5 fully saturated rings. The standard InChI is InChI=1S/C42H67NO5/c1-26(2)34-29(44)23-42(21-22-43(10)25-27-11-12-27)20-19-40(8)28(35(34)42)13-14-31-39(7)17-16-32(48-33(45)24-37(3,4)36(46)47)38(5,6)30(39)15-18-41(31,40)9/h26-28,30-32H,11-25H2,1-10H3,(H,46,47)/t28-,30?,31?,32+,39+,40-,41-,42-/m1/s1. The Hall–Kier alpha value is -1.69. The number of carbonyl (C=O) groups is 3. The van der Waals surface area contributed by atoms with Gasteiger partial charge in [-0.3, -0.25) is 14.4 Å². The molecule has 6 aliphatic carbocycles. The highest BCUT2D eigenvalue weighted by Gasteiger charge is 2.70. The number of carbonyl (C=O) groups excluding carboxylic acids is 2. The molecule has 0 aromatic carbocycles. The van der Waals surface area contributed by atoms with Gasteiger partial charge >= 0.3 is 11.9 Å². The first-order valence-corrected chi connectivity index (χ1v) is 19.6. The highest BCUT2D eigenvalue weighted by molar-refractivity contribution is 6.00. The zero-order valence-corrected chi connectivity index (χ0v) is 32.1. The molecule has 0 aromatic heterocycles. The van der Waals surface area contributed by atoms with Crippen LogP contribution in [0.3, 0.4) is 0 Å². The summed E-state index contributed by atoms with van der Waals surface area (Å²) in [6.45, 7) is 22.5. The number of hydrogen-bond donors (Lipinski definition) is 1. The minimum atomic E-state index is -1.13. The summed E-state index contributed by atoms with van der Waals surface area (Å²) in [6, 6.07) is 0. The van der Waals surface area contributed by atoms with E-state index >= 15 is 0 Å². The molecule has 0 saturated heterocycles. The first kappa shape index (κ1) is 36.1. The first-order chi connectivity index (χ1) is 22.2. The minimum Gasteiger partial charge on any atom is -0.481 e. The van der Waals surface area contributed by atoms with Crippen molar-refractivity contribution in [2.45, 2.75) is 152 Å². The summed E-state index contributed by atoms with van der Waals surface area (Å²) >= 11 is 0. The van der Waals surface area contributed by atoms with Gasteiger partial charge in [0.05, 0.1) is 11.8 Å². The largest absolute Gasteiger partial charge is 0.481 e. The van der Waals surface area contributed by atoms with E-state index in [1.54, 1.807) is 19.4 Å². The van der Waals surface area contributed by atoms with Gasteiger partial charge in [-0.05, 0) is 149 Å². The Labute approximate surface area is 291 Å². The predicted octanol–water partition coefficient (Wildman–Crippen LogP) is 9.11. The van der Waals surface area contributed by atoms with Crippen molar-refractivity contribution >= 4 is 17.7 Å². The number of Topliss-reactive ketones (excluding diaryl/α,β-unsaturated/α-hetero) is 1. The van der Waals surface area contributed by atoms with Crippen molar-refractivity contribution in [3.05, 3.63) is 11.1 Å². The van der Waals surface area contributed by atoms with Crippen molar-refractivity contribution in [2.75, 3.05) is 20.1 Å². The first-order valence-electron chi connectivity index (χ1n) is 19.6. The SMILES string of the molecule is CC(C)C1=C2[C@H]3CCC4[C@@]5(C)CC[C@H](OC(=O)CC(C)(C)C(=O)O)C(C)(C)C5CC[C@@]4(C)[C@]3(C)CC[C@@]2(CCN(C)CC2CC2)CC1=O. The number of nitrogens with zero attached hydrogens (tertiary/aromatic N) is 1. The fourth-order valence-corrected chi connectivity index (χ4v) is 13.1. The molecule has 5 saturated carbocycles. The fourth-order valence-electron chi connectivity index (χ4n) is 13.1. The molecule has 6 aliphatic rings. The van der Waals surface area contributed by atoms with E-state index in [9.17, 15) is 19.5 Å². The van der Waals surface area contributed by atoms with Gasteiger partial charge in [0.1, 0.15) is 6.10 Å². The smallest absolute Gasteiger partial charge is 0.309 e. The van der Waals surface area contributed by atoms with Crippen LogP contribution in [0.5, 0.6) is 0 Å². The second-order valence-corrected chi connectivity index (χ2v) is 20.1. The van der Waals surface area contributed by atoms with E-state index in [0.29, 0.717) is 23.5 Å². The zero-order chi connectivity index (χ0) is 35.2. The Kier molecular flexibility index (Phi) is 8.98. The topological polar surface area (TPSA) is 83.9 Å². The average molecular weight is 666 g/mol. The summed E-state index contributed by atoms with van der Waals surface area (Å²) in [6.07, 6.45) is 13.2. The van der Waals surface area contributed by atoms with Gasteiger partial charge in [-0.2, -0.15) is 0 Å². The Morgan fingerprint density at radius 1 is 0.917 bits per heavy atom. The third kappa shape index (κ3) is 5.56. The Morgan fingerprint density at radius 3 is 2.23 bits per heavy atom. The van der Waals surface area contributed by atoms with Gasteiger partial charge in [0, 0.05) is 23.8 Å². The molecule has 0 bridgehead atoms. The quantitative estimate of drug-likeness (QED) is 0.234. The Balaban J connectivity index is 1.26. The second-order valence-electron chi connectivity index (χ2n) is 20.1. The van der Waals surface area contributed by atoms with Crippen LogP contribution in [-0.4, -0.2) is 54.0 Å². The molecule has 0 aliphatic heterocycles. The monoisotopic (exact) mass is 666 g/mol. The maximum Gasteiger partial charge on any atom is 0.309 e. The van der Waals surface area contributed by atoms with Crippen LogP contribution in [0.25, 0.3) is 0 Å². The number of fused-ring (bicyclic) bond motifs is 7. The van der Waals surface area contributed by atoms with Crippen molar-refractivity contribution < 1.29 is 24.2 Å². The molecular formula is C42H67NO5. The highest BCUT2D eigenvalue weighted by Crippen LogP contribution is 2.77. The number of ketones is 1. The minimum absolute atomic E-state index is 0.0438. The van der Waals surface area contributed by atoms with Crippen LogP contribution in [0, 0.1) is 62.1 Å². The van der Waals surface area contributed by atoms with E-state index in [1.807, 2.05) is 0 Å². The summed E-state index contributed by atoms with van der Waals surface area (Å²) in [7, 11) is 2.30. The molecule has 1 N–H and O–H groups in total. The van der Waals surface area contributed by atoms with Crippen LogP contribution in [0.1, 0.15) is 146 Å². The molecule has 6 rings (SSSR count). The highest BCUT2D eigenvalue weighted by atomic mass is 16.5. The van der Waals surface area contributed by atoms with Crippen LogP contribution < -0.4 is 0 Å². The number of ether oxygens (including phenoxy) is 1. The summed E-state index contributed by atoms with van der Waals surface area (Å²) in [5, 5.41) is 9.59. The molecule has 0 heterocycles. The van der Waals surface area contributed by atoms with Gasteiger partial charge < -0.3 is 14.7 Å². The molecule has 6 heteroatoms. The number of rotatable bonds is 10. The number of carboxylic acids is 1. The van der Waals surface area contributed by atoms with Crippen LogP contribution in [-0.2, 0) is 19.1 Å². The van der Waals surface area contributed by atoms with E-state index in [-0.39, 0.29) is 51.5 Å². The zero-order valence-electron chi connectivity index (χ0n) is 32.1. The van der Waals surface area contributed by atoms with Gasteiger partial charge in [-0.15, -0.1) is 0 Å². The van der Waals surface area contributed by atoms with Crippen molar-refractivity contribution in [1.29, 1.82) is 0 Å². The summed E-state index contributed by atoms with van der Waals surface area (Å²) < 4.78 is 6.18. The van der Waals surface area contributed by atoms with E-state index in [1.165, 1.54) is 50.6 Å². The lowest BCUT2D eigenvalue weighted by Gasteiger charge is -2.72. The van der Waals surface area contributed by atoms with Crippen molar-refractivity contribution in [3.8, 4) is 0 Å². The molecule has 270 valence electrons. The average Bonchev–Trinajstić information content (AvgIpc) is 3.73. The number of allylic oxidation sites excluding steroid dienone is 2. The molecule has 6 nitrogen and oxygen atoms in total. The van der Waals surface area contributed by atoms with E-state index in [0.717, 1.165) is 51.0 Å². The normalized spacial score (nSPS) is 40.7. The Morgan fingerprint density at radius 2 is 1.60 bits per heavy atom. The van der Waals surface area contributed by atoms with E-state index < -0.39 is 11.4 Å². The van der Waals surface area contributed by atoms with Crippen molar-refractivity contribution in [1.82, 2.24) is 4.90 Å². The molecule has 48 heavy (non-hydrogen) atoms. The van der Waals surface area contributed by atoms with Gasteiger partial charge in [0.25, 0.3) is 0 Å².